The lowest BCUT2D eigenvalue weighted by Gasteiger charge is -2.32. The molecule has 26 heavy (non-hydrogen) atoms. The number of rotatable bonds is 4. The number of halogens is 1. The van der Waals surface area contributed by atoms with E-state index in [1.807, 2.05) is 4.90 Å². The monoisotopic (exact) mass is 358 g/mol. The Morgan fingerprint density at radius 2 is 2.04 bits per heavy atom. The third-order valence-corrected chi connectivity index (χ3v) is 5.26. The molecule has 1 atom stereocenters. The van der Waals surface area contributed by atoms with Gasteiger partial charge in [-0.15, -0.1) is 0 Å². The summed E-state index contributed by atoms with van der Waals surface area (Å²) in [5.74, 6) is 1.50. The quantitative estimate of drug-likeness (QED) is 0.838. The molecule has 2 aromatic rings. The summed E-state index contributed by atoms with van der Waals surface area (Å²) in [6, 6.07) is 6.03. The van der Waals surface area contributed by atoms with Gasteiger partial charge in [0, 0.05) is 31.0 Å². The highest BCUT2D eigenvalue weighted by atomic mass is 19.1. The second-order valence-corrected chi connectivity index (χ2v) is 7.16. The fourth-order valence-corrected chi connectivity index (χ4v) is 3.83. The first-order valence-electron chi connectivity index (χ1n) is 9.36. The number of nitrogens with zero attached hydrogens (tertiary/aromatic N) is 2. The third-order valence-electron chi connectivity index (χ3n) is 5.26. The third kappa shape index (κ3) is 3.59. The minimum Gasteiger partial charge on any atom is -0.493 e. The zero-order chi connectivity index (χ0) is 17.9. The molecule has 2 aliphatic rings. The lowest BCUT2D eigenvalue weighted by atomic mass is 9.95. The average molecular weight is 358 g/mol. The van der Waals surface area contributed by atoms with E-state index in [4.69, 9.17) is 9.26 Å². The van der Waals surface area contributed by atoms with E-state index in [9.17, 15) is 9.18 Å². The van der Waals surface area contributed by atoms with Crippen molar-refractivity contribution in [2.24, 2.45) is 5.92 Å². The summed E-state index contributed by atoms with van der Waals surface area (Å²) in [5, 5.41) is 4.07. The Labute approximate surface area is 152 Å². The van der Waals surface area contributed by atoms with Crippen molar-refractivity contribution in [1.82, 2.24) is 10.1 Å². The molecule has 0 saturated carbocycles. The number of aromatic nitrogens is 1. The number of piperidine rings is 1. The summed E-state index contributed by atoms with van der Waals surface area (Å²) in [7, 11) is 0. The van der Waals surface area contributed by atoms with Gasteiger partial charge in [-0.2, -0.15) is 0 Å². The summed E-state index contributed by atoms with van der Waals surface area (Å²) >= 11 is 0. The van der Waals surface area contributed by atoms with E-state index < -0.39 is 0 Å². The summed E-state index contributed by atoms with van der Waals surface area (Å²) in [6.45, 7) is 1.92. The predicted molar refractivity (Wildman–Crippen MR) is 93.7 cm³/mol. The van der Waals surface area contributed by atoms with Gasteiger partial charge < -0.3 is 14.2 Å². The number of ether oxygens (including phenoxy) is 1. The molecule has 1 amide bonds. The van der Waals surface area contributed by atoms with E-state index >= 15 is 0 Å². The van der Waals surface area contributed by atoms with Crippen LogP contribution in [0, 0.1) is 11.7 Å². The topological polar surface area (TPSA) is 55.6 Å². The second kappa shape index (κ2) is 7.48. The van der Waals surface area contributed by atoms with E-state index in [2.05, 4.69) is 5.16 Å². The van der Waals surface area contributed by atoms with Gasteiger partial charge in [0.2, 0.25) is 0 Å². The second-order valence-electron chi connectivity index (χ2n) is 7.16. The molecule has 6 heteroatoms. The van der Waals surface area contributed by atoms with Crippen molar-refractivity contribution < 1.29 is 18.4 Å². The maximum absolute atomic E-state index is 13.0. The number of aryl methyl sites for hydroxylation is 1. The van der Waals surface area contributed by atoms with Gasteiger partial charge in [-0.1, -0.05) is 5.16 Å². The van der Waals surface area contributed by atoms with Gasteiger partial charge >= 0.3 is 0 Å². The molecule has 1 aromatic carbocycles. The van der Waals surface area contributed by atoms with Crippen LogP contribution in [0.4, 0.5) is 4.39 Å². The normalized spacial score (nSPS) is 19.9. The number of benzene rings is 1. The van der Waals surface area contributed by atoms with Crippen molar-refractivity contribution >= 4 is 5.91 Å². The molecule has 1 aliphatic carbocycles. The number of amides is 1. The Morgan fingerprint density at radius 3 is 2.88 bits per heavy atom. The molecule has 0 N–H and O–H groups in total. The van der Waals surface area contributed by atoms with E-state index in [1.165, 1.54) is 12.1 Å². The number of carbonyl (C=O) groups excluding carboxylic acids is 1. The van der Waals surface area contributed by atoms with Crippen molar-refractivity contribution in [2.75, 3.05) is 19.7 Å². The zero-order valence-electron chi connectivity index (χ0n) is 14.7. The number of fused-ring (bicyclic) bond motifs is 1. The molecule has 0 radical (unpaired) electrons. The SMILES string of the molecule is O=C(c1noc2c1CCCC2)N1CCC[C@@H](COc2ccc(F)cc2)C1. The van der Waals surface area contributed by atoms with Crippen molar-refractivity contribution in [2.45, 2.75) is 38.5 Å². The molecule has 4 rings (SSSR count). The van der Waals surface area contributed by atoms with Crippen LogP contribution in [0.15, 0.2) is 28.8 Å². The first-order chi connectivity index (χ1) is 12.7. The Hall–Kier alpha value is -2.37. The van der Waals surface area contributed by atoms with Crippen molar-refractivity contribution in [3.63, 3.8) is 0 Å². The van der Waals surface area contributed by atoms with Gasteiger partial charge in [0.1, 0.15) is 17.3 Å². The Morgan fingerprint density at radius 1 is 1.23 bits per heavy atom. The van der Waals surface area contributed by atoms with Crippen LogP contribution < -0.4 is 4.74 Å². The molecule has 1 saturated heterocycles. The Balaban J connectivity index is 1.38. The van der Waals surface area contributed by atoms with E-state index in [0.717, 1.165) is 56.4 Å². The smallest absolute Gasteiger partial charge is 0.276 e. The standard InChI is InChI=1S/C20H23FN2O3/c21-15-7-9-16(10-8-15)25-13-14-4-3-11-23(12-14)20(24)19-17-5-1-2-6-18(17)26-22-19/h7-10,14H,1-6,11-13H2/t14-/m1/s1. The van der Waals surface area contributed by atoms with Gasteiger partial charge in [0.25, 0.3) is 5.91 Å². The Kier molecular flexibility index (Phi) is 4.91. The highest BCUT2D eigenvalue weighted by Crippen LogP contribution is 2.27. The lowest BCUT2D eigenvalue weighted by Crippen LogP contribution is -2.42. The van der Waals surface area contributed by atoms with Gasteiger partial charge in [-0.25, -0.2) is 4.39 Å². The first-order valence-corrected chi connectivity index (χ1v) is 9.36. The fourth-order valence-electron chi connectivity index (χ4n) is 3.83. The van der Waals surface area contributed by atoms with Crippen LogP contribution in [0.2, 0.25) is 0 Å². The van der Waals surface area contributed by atoms with Crippen LogP contribution >= 0.6 is 0 Å². The molecule has 1 aliphatic heterocycles. The molecule has 0 unspecified atom stereocenters. The van der Waals surface area contributed by atoms with E-state index in [0.29, 0.717) is 24.6 Å². The summed E-state index contributed by atoms with van der Waals surface area (Å²) in [6.07, 6.45) is 5.91. The first kappa shape index (κ1) is 17.1. The molecular formula is C20H23FN2O3. The largest absolute Gasteiger partial charge is 0.493 e. The highest BCUT2D eigenvalue weighted by Gasteiger charge is 2.30. The minimum atomic E-state index is -0.275. The maximum Gasteiger partial charge on any atom is 0.276 e. The number of likely N-dealkylation sites (tertiary alicyclic amines) is 1. The van der Waals surface area contributed by atoms with Gasteiger partial charge in [0.05, 0.1) is 6.61 Å². The molecule has 5 nitrogen and oxygen atoms in total. The van der Waals surface area contributed by atoms with Crippen LogP contribution in [0.25, 0.3) is 0 Å². The van der Waals surface area contributed by atoms with Crippen molar-refractivity contribution in [3.05, 3.63) is 47.1 Å². The highest BCUT2D eigenvalue weighted by molar-refractivity contribution is 5.94. The number of hydrogen-bond donors (Lipinski definition) is 0. The minimum absolute atomic E-state index is 0.0246. The number of hydrogen-bond acceptors (Lipinski definition) is 4. The van der Waals surface area contributed by atoms with Crippen LogP contribution in [0.3, 0.4) is 0 Å². The molecule has 0 spiro atoms. The summed E-state index contributed by atoms with van der Waals surface area (Å²) in [5.41, 5.74) is 1.51. The van der Waals surface area contributed by atoms with Crippen LogP contribution in [0.1, 0.15) is 47.5 Å². The fraction of sp³-hybridized carbons (Fsp3) is 0.500. The summed E-state index contributed by atoms with van der Waals surface area (Å²) in [4.78, 5) is 14.8. The van der Waals surface area contributed by atoms with Crippen LogP contribution in [-0.2, 0) is 12.8 Å². The lowest BCUT2D eigenvalue weighted by molar-refractivity contribution is 0.0622. The maximum atomic E-state index is 13.0. The van der Waals surface area contributed by atoms with Crippen molar-refractivity contribution in [1.29, 1.82) is 0 Å². The van der Waals surface area contributed by atoms with E-state index in [1.54, 1.807) is 12.1 Å². The van der Waals surface area contributed by atoms with Gasteiger partial charge in [-0.3, -0.25) is 4.79 Å². The van der Waals surface area contributed by atoms with Gasteiger partial charge in [0.15, 0.2) is 5.69 Å². The molecule has 0 bridgehead atoms. The van der Waals surface area contributed by atoms with E-state index in [-0.39, 0.29) is 17.6 Å². The van der Waals surface area contributed by atoms with Gasteiger partial charge in [-0.05, 0) is 56.4 Å². The van der Waals surface area contributed by atoms with Crippen LogP contribution in [0.5, 0.6) is 5.75 Å². The molecular weight excluding hydrogens is 335 g/mol. The Bertz CT molecular complexity index is 772. The molecule has 1 aromatic heterocycles. The molecule has 1 fully saturated rings. The summed E-state index contributed by atoms with van der Waals surface area (Å²) < 4.78 is 24.1. The predicted octanol–water partition coefficient (Wildman–Crippen LogP) is 3.62. The van der Waals surface area contributed by atoms with Crippen LogP contribution in [-0.4, -0.2) is 35.7 Å². The molecule has 2 heterocycles. The van der Waals surface area contributed by atoms with Crippen molar-refractivity contribution in [3.8, 4) is 5.75 Å². The average Bonchev–Trinajstić information content (AvgIpc) is 3.11. The zero-order valence-corrected chi connectivity index (χ0v) is 14.7. The molecule has 138 valence electrons. The number of carbonyl (C=O) groups is 1.